The number of hydrogen-bond acceptors (Lipinski definition) is 3. The van der Waals surface area contributed by atoms with Gasteiger partial charge in [0.25, 0.3) is 5.91 Å². The molecule has 26 heavy (non-hydrogen) atoms. The van der Waals surface area contributed by atoms with Crippen LogP contribution >= 0.6 is 11.6 Å². The van der Waals surface area contributed by atoms with Gasteiger partial charge in [0.2, 0.25) is 5.91 Å². The Balaban J connectivity index is 1.88. The molecule has 138 valence electrons. The molecule has 2 rings (SSSR count). The molecular formula is C20H23ClN2O3. The Kier molecular flexibility index (Phi) is 7.04. The molecule has 0 bridgehead atoms. The van der Waals surface area contributed by atoms with Crippen molar-refractivity contribution >= 4 is 23.4 Å². The average Bonchev–Trinajstić information content (AvgIpc) is 2.60. The van der Waals surface area contributed by atoms with Crippen LogP contribution in [0, 0.1) is 12.8 Å². The Hall–Kier alpha value is -2.53. The lowest BCUT2D eigenvalue weighted by molar-refractivity contribution is -0.131. The van der Waals surface area contributed by atoms with Crippen molar-refractivity contribution in [2.45, 2.75) is 26.7 Å². The third-order valence-electron chi connectivity index (χ3n) is 3.86. The van der Waals surface area contributed by atoms with Gasteiger partial charge in [0, 0.05) is 5.02 Å². The van der Waals surface area contributed by atoms with Crippen LogP contribution in [0.2, 0.25) is 5.02 Å². The number of amides is 2. The highest BCUT2D eigenvalue weighted by Gasteiger charge is 2.24. The van der Waals surface area contributed by atoms with Gasteiger partial charge < -0.3 is 4.74 Å². The fraction of sp³-hybridized carbons (Fsp3) is 0.300. The standard InChI is InChI=1S/C20H23ClN2O3/c1-13(2)19(15-7-9-16(21)10-8-15)20(25)23-22-18(24)12-26-17-6-4-5-14(3)11-17/h4-11,13,19H,12H2,1-3H3,(H,22,24)(H,23,25). The van der Waals surface area contributed by atoms with Gasteiger partial charge in [-0.05, 0) is 48.2 Å². The number of carbonyl (C=O) groups excluding carboxylic acids is 2. The van der Waals surface area contributed by atoms with E-state index in [0.717, 1.165) is 11.1 Å². The van der Waals surface area contributed by atoms with Gasteiger partial charge in [-0.1, -0.05) is 49.7 Å². The van der Waals surface area contributed by atoms with Gasteiger partial charge in [-0.3, -0.25) is 20.4 Å². The molecule has 5 nitrogen and oxygen atoms in total. The molecule has 0 aromatic heterocycles. The summed E-state index contributed by atoms with van der Waals surface area (Å²) in [5, 5.41) is 0.610. The van der Waals surface area contributed by atoms with E-state index in [4.69, 9.17) is 16.3 Å². The summed E-state index contributed by atoms with van der Waals surface area (Å²) in [6.45, 7) is 5.65. The Morgan fingerprint density at radius 2 is 1.77 bits per heavy atom. The summed E-state index contributed by atoms with van der Waals surface area (Å²) in [5.74, 6) is -0.459. The molecule has 2 aromatic rings. The SMILES string of the molecule is Cc1cccc(OCC(=O)NNC(=O)C(c2ccc(Cl)cc2)C(C)C)c1. The van der Waals surface area contributed by atoms with Gasteiger partial charge in [-0.25, -0.2) is 0 Å². The summed E-state index contributed by atoms with van der Waals surface area (Å²) in [6, 6.07) is 14.5. The van der Waals surface area contributed by atoms with E-state index < -0.39 is 11.8 Å². The normalized spacial score (nSPS) is 11.7. The zero-order valence-electron chi connectivity index (χ0n) is 15.1. The van der Waals surface area contributed by atoms with E-state index in [1.54, 1.807) is 18.2 Å². The van der Waals surface area contributed by atoms with Crippen molar-refractivity contribution in [3.63, 3.8) is 0 Å². The van der Waals surface area contributed by atoms with Crippen LogP contribution in [0.4, 0.5) is 0 Å². The Morgan fingerprint density at radius 1 is 1.08 bits per heavy atom. The highest BCUT2D eigenvalue weighted by Crippen LogP contribution is 2.25. The maximum absolute atomic E-state index is 12.5. The molecule has 2 aromatic carbocycles. The molecular weight excluding hydrogens is 352 g/mol. The largest absolute Gasteiger partial charge is 0.484 e. The topological polar surface area (TPSA) is 67.4 Å². The van der Waals surface area contributed by atoms with Crippen molar-refractivity contribution in [2.75, 3.05) is 6.61 Å². The Morgan fingerprint density at radius 3 is 2.38 bits per heavy atom. The van der Waals surface area contributed by atoms with Crippen LogP contribution in [0.3, 0.4) is 0 Å². The summed E-state index contributed by atoms with van der Waals surface area (Å²) in [5.41, 5.74) is 6.75. The number of halogens is 1. The predicted molar refractivity (Wildman–Crippen MR) is 102 cm³/mol. The van der Waals surface area contributed by atoms with Gasteiger partial charge in [0.15, 0.2) is 6.61 Å². The first-order valence-corrected chi connectivity index (χ1v) is 8.78. The molecule has 0 heterocycles. The van der Waals surface area contributed by atoms with Crippen LogP contribution < -0.4 is 15.6 Å². The zero-order chi connectivity index (χ0) is 19.1. The first kappa shape index (κ1) is 19.8. The van der Waals surface area contributed by atoms with Gasteiger partial charge in [0.05, 0.1) is 5.92 Å². The number of carbonyl (C=O) groups is 2. The fourth-order valence-electron chi connectivity index (χ4n) is 2.61. The number of hydrogen-bond donors (Lipinski definition) is 2. The molecule has 1 atom stereocenters. The second kappa shape index (κ2) is 9.25. The highest BCUT2D eigenvalue weighted by atomic mass is 35.5. The number of ether oxygens (including phenoxy) is 1. The first-order chi connectivity index (χ1) is 12.4. The summed E-state index contributed by atoms with van der Waals surface area (Å²) in [7, 11) is 0. The average molecular weight is 375 g/mol. The maximum atomic E-state index is 12.5. The Bertz CT molecular complexity index is 760. The van der Waals surface area contributed by atoms with Crippen molar-refractivity contribution in [1.29, 1.82) is 0 Å². The van der Waals surface area contributed by atoms with E-state index in [2.05, 4.69) is 10.9 Å². The van der Waals surface area contributed by atoms with E-state index in [0.29, 0.717) is 10.8 Å². The highest BCUT2D eigenvalue weighted by molar-refractivity contribution is 6.30. The predicted octanol–water partition coefficient (Wildman–Crippen LogP) is 3.61. The zero-order valence-corrected chi connectivity index (χ0v) is 15.8. The van der Waals surface area contributed by atoms with Gasteiger partial charge >= 0.3 is 0 Å². The van der Waals surface area contributed by atoms with Crippen molar-refractivity contribution in [3.05, 3.63) is 64.7 Å². The maximum Gasteiger partial charge on any atom is 0.276 e. The van der Waals surface area contributed by atoms with Gasteiger partial charge in [-0.15, -0.1) is 0 Å². The monoisotopic (exact) mass is 374 g/mol. The summed E-state index contributed by atoms with van der Waals surface area (Å²) < 4.78 is 5.41. The molecule has 2 amide bonds. The summed E-state index contributed by atoms with van der Waals surface area (Å²) >= 11 is 5.90. The lowest BCUT2D eigenvalue weighted by Crippen LogP contribution is -2.46. The van der Waals surface area contributed by atoms with Crippen LogP contribution in [0.15, 0.2) is 48.5 Å². The van der Waals surface area contributed by atoms with E-state index >= 15 is 0 Å². The number of benzene rings is 2. The second-order valence-electron chi connectivity index (χ2n) is 6.42. The third-order valence-corrected chi connectivity index (χ3v) is 4.11. The molecule has 0 aliphatic heterocycles. The fourth-order valence-corrected chi connectivity index (χ4v) is 2.73. The van der Waals surface area contributed by atoms with Crippen LogP contribution in [-0.2, 0) is 9.59 Å². The van der Waals surface area contributed by atoms with Crippen molar-refractivity contribution in [2.24, 2.45) is 5.92 Å². The van der Waals surface area contributed by atoms with Crippen molar-refractivity contribution in [3.8, 4) is 5.75 Å². The number of hydrazine groups is 1. The first-order valence-electron chi connectivity index (χ1n) is 8.40. The quantitative estimate of drug-likeness (QED) is 0.759. The molecule has 0 aliphatic carbocycles. The van der Waals surface area contributed by atoms with Crippen molar-refractivity contribution < 1.29 is 14.3 Å². The number of aryl methyl sites for hydroxylation is 1. The molecule has 0 aliphatic rings. The molecule has 0 radical (unpaired) electrons. The number of rotatable bonds is 6. The van der Waals surface area contributed by atoms with E-state index in [-0.39, 0.29) is 18.4 Å². The van der Waals surface area contributed by atoms with Crippen molar-refractivity contribution in [1.82, 2.24) is 10.9 Å². The van der Waals surface area contributed by atoms with E-state index in [9.17, 15) is 9.59 Å². The van der Waals surface area contributed by atoms with E-state index in [1.165, 1.54) is 0 Å². The lowest BCUT2D eigenvalue weighted by atomic mass is 9.88. The molecule has 6 heteroatoms. The minimum atomic E-state index is -0.432. The molecule has 0 saturated heterocycles. The van der Waals surface area contributed by atoms with Gasteiger partial charge in [0.1, 0.15) is 5.75 Å². The van der Waals surface area contributed by atoms with Crippen LogP contribution in [-0.4, -0.2) is 18.4 Å². The number of nitrogens with one attached hydrogen (secondary N) is 2. The minimum absolute atomic E-state index is 0.0524. The molecule has 0 fully saturated rings. The van der Waals surface area contributed by atoms with Gasteiger partial charge in [-0.2, -0.15) is 0 Å². The van der Waals surface area contributed by atoms with E-state index in [1.807, 2.05) is 51.1 Å². The molecule has 2 N–H and O–H groups in total. The summed E-state index contributed by atoms with van der Waals surface area (Å²) in [6.07, 6.45) is 0. The molecule has 1 unspecified atom stereocenters. The second-order valence-corrected chi connectivity index (χ2v) is 6.85. The lowest BCUT2D eigenvalue weighted by Gasteiger charge is -2.21. The third kappa shape index (κ3) is 5.77. The summed E-state index contributed by atoms with van der Waals surface area (Å²) in [4.78, 5) is 24.4. The van der Waals surface area contributed by atoms with Crippen LogP contribution in [0.25, 0.3) is 0 Å². The van der Waals surface area contributed by atoms with Crippen LogP contribution in [0.1, 0.15) is 30.9 Å². The molecule has 0 saturated carbocycles. The minimum Gasteiger partial charge on any atom is -0.484 e. The Labute approximate surface area is 158 Å². The smallest absolute Gasteiger partial charge is 0.276 e. The molecule has 0 spiro atoms. The van der Waals surface area contributed by atoms with Crippen LogP contribution in [0.5, 0.6) is 5.75 Å².